The smallest absolute Gasteiger partial charge is 0.317 e. The first-order valence-electron chi connectivity index (χ1n) is 10.5. The van der Waals surface area contributed by atoms with E-state index in [1.807, 2.05) is 29.2 Å². The van der Waals surface area contributed by atoms with E-state index in [4.69, 9.17) is 9.47 Å². The number of urea groups is 1. The van der Waals surface area contributed by atoms with Crippen LogP contribution in [0.5, 0.6) is 5.75 Å². The quantitative estimate of drug-likeness (QED) is 0.587. The van der Waals surface area contributed by atoms with Crippen molar-refractivity contribution < 1.29 is 19.1 Å². The monoisotopic (exact) mass is 405 g/mol. The fourth-order valence-electron chi connectivity index (χ4n) is 3.30. The third-order valence-corrected chi connectivity index (χ3v) is 4.91. The molecular formula is C22H35N3O4. The zero-order chi connectivity index (χ0) is 21.1. The lowest BCUT2D eigenvalue weighted by molar-refractivity contribution is -0.122. The normalized spacial score (nSPS) is 16.6. The summed E-state index contributed by atoms with van der Waals surface area (Å²) < 4.78 is 10.5. The molecule has 7 heteroatoms. The number of carbonyl (C=O) groups excluding carboxylic acids is 2. The second-order valence-corrected chi connectivity index (χ2v) is 8.00. The highest BCUT2D eigenvalue weighted by Crippen LogP contribution is 2.20. The summed E-state index contributed by atoms with van der Waals surface area (Å²) in [6, 6.07) is 7.67. The van der Waals surface area contributed by atoms with E-state index in [0.717, 1.165) is 30.7 Å². The van der Waals surface area contributed by atoms with Gasteiger partial charge in [0, 0.05) is 39.7 Å². The molecule has 2 N–H and O–H groups in total. The molecule has 29 heavy (non-hydrogen) atoms. The number of methoxy groups -OCH3 is 1. The average Bonchev–Trinajstić information content (AvgIpc) is 2.72. The highest BCUT2D eigenvalue weighted by atomic mass is 16.5. The van der Waals surface area contributed by atoms with Crippen LogP contribution in [0, 0.1) is 11.8 Å². The number of likely N-dealkylation sites (tertiary alicyclic amines) is 1. The van der Waals surface area contributed by atoms with Gasteiger partial charge in [0.15, 0.2) is 0 Å². The lowest BCUT2D eigenvalue weighted by atomic mass is 9.94. The topological polar surface area (TPSA) is 79.9 Å². The molecule has 1 heterocycles. The summed E-state index contributed by atoms with van der Waals surface area (Å²) >= 11 is 0. The van der Waals surface area contributed by atoms with Crippen LogP contribution < -0.4 is 15.4 Å². The van der Waals surface area contributed by atoms with Gasteiger partial charge in [-0.25, -0.2) is 4.79 Å². The zero-order valence-electron chi connectivity index (χ0n) is 17.9. The Kier molecular flexibility index (Phi) is 9.77. The molecule has 0 aromatic heterocycles. The zero-order valence-corrected chi connectivity index (χ0v) is 17.9. The summed E-state index contributed by atoms with van der Waals surface area (Å²) in [5.74, 6) is 1.46. The van der Waals surface area contributed by atoms with Crippen LogP contribution in [0.4, 0.5) is 4.79 Å². The van der Waals surface area contributed by atoms with Crippen molar-refractivity contribution in [1.29, 1.82) is 0 Å². The number of nitrogens with one attached hydrogen (secondary N) is 2. The van der Waals surface area contributed by atoms with E-state index in [2.05, 4.69) is 24.5 Å². The Morgan fingerprint density at radius 2 is 1.93 bits per heavy atom. The largest absolute Gasteiger partial charge is 0.491 e. The molecule has 1 aromatic carbocycles. The molecule has 0 spiro atoms. The molecule has 0 aliphatic carbocycles. The molecular weight excluding hydrogens is 370 g/mol. The predicted molar refractivity (Wildman–Crippen MR) is 113 cm³/mol. The van der Waals surface area contributed by atoms with E-state index in [9.17, 15) is 9.59 Å². The lowest BCUT2D eigenvalue weighted by Gasteiger charge is -2.32. The Hall–Kier alpha value is -2.28. The second-order valence-electron chi connectivity index (χ2n) is 8.00. The Bertz CT molecular complexity index is 633. The van der Waals surface area contributed by atoms with Gasteiger partial charge in [-0.1, -0.05) is 26.0 Å². The fourth-order valence-corrected chi connectivity index (χ4v) is 3.30. The number of nitrogens with zero attached hydrogens (tertiary/aromatic N) is 1. The number of hydrogen-bond acceptors (Lipinski definition) is 4. The van der Waals surface area contributed by atoms with Crippen molar-refractivity contribution in [2.24, 2.45) is 11.8 Å². The van der Waals surface area contributed by atoms with Crippen LogP contribution in [0.15, 0.2) is 24.3 Å². The number of benzene rings is 1. The van der Waals surface area contributed by atoms with Gasteiger partial charge >= 0.3 is 6.03 Å². The fraction of sp³-hybridized carbons (Fsp3) is 0.636. The first-order valence-corrected chi connectivity index (χ1v) is 10.5. The molecule has 7 nitrogen and oxygen atoms in total. The Morgan fingerprint density at radius 3 is 2.62 bits per heavy atom. The van der Waals surface area contributed by atoms with E-state index in [-0.39, 0.29) is 17.9 Å². The summed E-state index contributed by atoms with van der Waals surface area (Å²) in [4.78, 5) is 26.4. The van der Waals surface area contributed by atoms with Crippen molar-refractivity contribution in [1.82, 2.24) is 15.5 Å². The van der Waals surface area contributed by atoms with Crippen molar-refractivity contribution in [3.05, 3.63) is 29.8 Å². The maximum Gasteiger partial charge on any atom is 0.317 e. The highest BCUT2D eigenvalue weighted by Gasteiger charge is 2.25. The maximum atomic E-state index is 12.3. The predicted octanol–water partition coefficient (Wildman–Crippen LogP) is 2.80. The van der Waals surface area contributed by atoms with Gasteiger partial charge in [-0.3, -0.25) is 4.79 Å². The van der Waals surface area contributed by atoms with Gasteiger partial charge in [-0.05, 0) is 42.4 Å². The van der Waals surface area contributed by atoms with Gasteiger partial charge in [0.1, 0.15) is 12.4 Å². The van der Waals surface area contributed by atoms with Crippen molar-refractivity contribution >= 4 is 11.9 Å². The standard InChI is InChI=1S/C22H35N3O4/c1-17(2)14-24-22(27)25-10-4-5-19(16-25)13-21(26)23-15-18-6-8-20(9-7-18)29-12-11-28-3/h6-9,17,19H,4-5,10-16H2,1-3H3,(H,23,26)(H,24,27)/t19-/m0/s1. The van der Waals surface area contributed by atoms with Crippen molar-refractivity contribution in [2.75, 3.05) is 40.0 Å². The van der Waals surface area contributed by atoms with Gasteiger partial charge in [-0.15, -0.1) is 0 Å². The van der Waals surface area contributed by atoms with Crippen LogP contribution in [0.1, 0.15) is 38.7 Å². The molecule has 1 aromatic rings. The Labute approximate surface area is 174 Å². The summed E-state index contributed by atoms with van der Waals surface area (Å²) in [5.41, 5.74) is 1.02. The van der Waals surface area contributed by atoms with E-state index in [0.29, 0.717) is 45.2 Å². The molecule has 162 valence electrons. The molecule has 1 aliphatic rings. The van der Waals surface area contributed by atoms with Crippen molar-refractivity contribution in [2.45, 2.75) is 39.7 Å². The van der Waals surface area contributed by atoms with Crippen LogP contribution in [-0.4, -0.2) is 56.8 Å². The second kappa shape index (κ2) is 12.3. The molecule has 0 bridgehead atoms. The summed E-state index contributed by atoms with van der Waals surface area (Å²) in [5, 5.41) is 5.95. The van der Waals surface area contributed by atoms with Gasteiger partial charge in [0.2, 0.25) is 5.91 Å². The van der Waals surface area contributed by atoms with Crippen molar-refractivity contribution in [3.63, 3.8) is 0 Å². The van der Waals surface area contributed by atoms with E-state index < -0.39 is 0 Å². The van der Waals surface area contributed by atoms with E-state index >= 15 is 0 Å². The maximum absolute atomic E-state index is 12.3. The molecule has 1 atom stereocenters. The molecule has 0 radical (unpaired) electrons. The van der Waals surface area contributed by atoms with Crippen LogP contribution in [-0.2, 0) is 16.1 Å². The van der Waals surface area contributed by atoms with Gasteiger partial charge in [0.25, 0.3) is 0 Å². The van der Waals surface area contributed by atoms with Gasteiger partial charge < -0.3 is 25.0 Å². The Balaban J connectivity index is 1.71. The van der Waals surface area contributed by atoms with Crippen LogP contribution in [0.25, 0.3) is 0 Å². The molecule has 0 saturated carbocycles. The van der Waals surface area contributed by atoms with E-state index in [1.165, 1.54) is 0 Å². The van der Waals surface area contributed by atoms with Crippen LogP contribution >= 0.6 is 0 Å². The summed E-state index contributed by atoms with van der Waals surface area (Å²) in [7, 11) is 1.64. The molecule has 3 amide bonds. The minimum atomic E-state index is -0.0170. The highest BCUT2D eigenvalue weighted by molar-refractivity contribution is 5.77. The number of hydrogen-bond donors (Lipinski definition) is 2. The molecule has 0 unspecified atom stereocenters. The number of carbonyl (C=O) groups is 2. The number of ether oxygens (including phenoxy) is 2. The molecule has 1 aliphatic heterocycles. The van der Waals surface area contributed by atoms with Gasteiger partial charge in [0.05, 0.1) is 6.61 Å². The summed E-state index contributed by atoms with van der Waals surface area (Å²) in [6.45, 7) is 7.79. The van der Waals surface area contributed by atoms with Crippen molar-refractivity contribution in [3.8, 4) is 5.75 Å². The SMILES string of the molecule is COCCOc1ccc(CNC(=O)C[C@@H]2CCCN(C(=O)NCC(C)C)C2)cc1. The number of amides is 3. The molecule has 2 rings (SSSR count). The molecule has 1 saturated heterocycles. The first kappa shape index (κ1) is 23.0. The van der Waals surface area contributed by atoms with Crippen LogP contribution in [0.2, 0.25) is 0 Å². The average molecular weight is 406 g/mol. The lowest BCUT2D eigenvalue weighted by Crippen LogP contribution is -2.47. The number of rotatable bonds is 10. The van der Waals surface area contributed by atoms with Crippen LogP contribution in [0.3, 0.4) is 0 Å². The molecule has 1 fully saturated rings. The third kappa shape index (κ3) is 8.73. The minimum Gasteiger partial charge on any atom is -0.491 e. The third-order valence-electron chi connectivity index (χ3n) is 4.91. The first-order chi connectivity index (χ1) is 14.0. The van der Waals surface area contributed by atoms with Gasteiger partial charge in [-0.2, -0.15) is 0 Å². The number of piperidine rings is 1. The minimum absolute atomic E-state index is 0.0170. The van der Waals surface area contributed by atoms with E-state index in [1.54, 1.807) is 7.11 Å². The summed E-state index contributed by atoms with van der Waals surface area (Å²) in [6.07, 6.45) is 2.37. The Morgan fingerprint density at radius 1 is 1.17 bits per heavy atom.